The van der Waals surface area contributed by atoms with Crippen LogP contribution in [0.5, 0.6) is 17.2 Å². The number of ether oxygens (including phenoxy) is 4. The fourth-order valence-corrected chi connectivity index (χ4v) is 4.52. The monoisotopic (exact) mass is 548 g/mol. The molecule has 3 heterocycles. The summed E-state index contributed by atoms with van der Waals surface area (Å²) in [5.74, 6) is -2.83. The fourth-order valence-electron chi connectivity index (χ4n) is 4.52. The molecule has 12 heteroatoms. The summed E-state index contributed by atoms with van der Waals surface area (Å²) in [5.41, 5.74) is -0.596. The predicted octanol–water partition coefficient (Wildman–Crippen LogP) is 4.26. The van der Waals surface area contributed by atoms with E-state index in [1.807, 2.05) is 4.90 Å². The smallest absolute Gasteiger partial charge is 0.453 e. The lowest BCUT2D eigenvalue weighted by Gasteiger charge is -2.32. The Bertz CT molecular complexity index is 1400. The van der Waals surface area contributed by atoms with Crippen molar-refractivity contribution in [3.05, 3.63) is 63.5 Å². The van der Waals surface area contributed by atoms with Gasteiger partial charge in [-0.05, 0) is 43.3 Å². The van der Waals surface area contributed by atoms with Crippen molar-refractivity contribution in [3.63, 3.8) is 0 Å². The quantitative estimate of drug-likeness (QED) is 0.402. The van der Waals surface area contributed by atoms with Crippen molar-refractivity contribution in [2.24, 2.45) is 0 Å². The normalized spacial score (nSPS) is 16.5. The molecule has 0 spiro atoms. The summed E-state index contributed by atoms with van der Waals surface area (Å²) in [6, 6.07) is 8.16. The second-order valence-corrected chi connectivity index (χ2v) is 9.13. The van der Waals surface area contributed by atoms with E-state index in [4.69, 9.17) is 23.4 Å². The Balaban J connectivity index is 1.46. The van der Waals surface area contributed by atoms with Gasteiger partial charge in [-0.3, -0.25) is 14.6 Å². The van der Waals surface area contributed by atoms with Crippen LogP contribution >= 0.6 is 0 Å². The van der Waals surface area contributed by atoms with E-state index >= 15 is 0 Å². The molecule has 3 aromatic rings. The van der Waals surface area contributed by atoms with Gasteiger partial charge in [0.2, 0.25) is 11.2 Å². The summed E-state index contributed by atoms with van der Waals surface area (Å²) in [6.45, 7) is 6.66. The van der Waals surface area contributed by atoms with Crippen molar-refractivity contribution in [3.8, 4) is 17.2 Å². The van der Waals surface area contributed by atoms with Gasteiger partial charge in [0.05, 0.1) is 36.3 Å². The predicted molar refractivity (Wildman–Crippen MR) is 133 cm³/mol. The van der Waals surface area contributed by atoms with Gasteiger partial charge in [-0.25, -0.2) is 4.79 Å². The highest BCUT2D eigenvalue weighted by Crippen LogP contribution is 2.40. The Morgan fingerprint density at radius 1 is 1.03 bits per heavy atom. The Morgan fingerprint density at radius 3 is 2.44 bits per heavy atom. The van der Waals surface area contributed by atoms with Gasteiger partial charge in [0.25, 0.3) is 5.76 Å². The van der Waals surface area contributed by atoms with Crippen molar-refractivity contribution >= 4 is 16.9 Å². The molecular formula is C27H27F3N2O7. The summed E-state index contributed by atoms with van der Waals surface area (Å²) in [5, 5.41) is -0.0569. The first-order chi connectivity index (χ1) is 18.7. The van der Waals surface area contributed by atoms with Gasteiger partial charge in [-0.15, -0.1) is 0 Å². The molecule has 0 radical (unpaired) electrons. The highest BCUT2D eigenvalue weighted by atomic mass is 19.4. The highest BCUT2D eigenvalue weighted by Gasteiger charge is 2.41. The third-order valence-corrected chi connectivity index (χ3v) is 6.54. The van der Waals surface area contributed by atoms with Crippen molar-refractivity contribution in [2.45, 2.75) is 19.6 Å². The third kappa shape index (κ3) is 5.87. The Hall–Kier alpha value is -3.61. The molecule has 0 saturated carbocycles. The lowest BCUT2D eigenvalue weighted by atomic mass is 10.1. The van der Waals surface area contributed by atoms with Crippen LogP contribution < -0.4 is 14.9 Å². The number of hydrogen-bond donors (Lipinski definition) is 0. The number of nitrogens with zero attached hydrogens (tertiary/aromatic N) is 2. The van der Waals surface area contributed by atoms with Gasteiger partial charge in [-0.2, -0.15) is 13.2 Å². The number of carbonyl (C=O) groups is 1. The van der Waals surface area contributed by atoms with Gasteiger partial charge >= 0.3 is 12.1 Å². The average Bonchev–Trinajstić information content (AvgIpc) is 2.93. The minimum absolute atomic E-state index is 0.0569. The molecule has 1 aromatic heterocycles. The van der Waals surface area contributed by atoms with Crippen LogP contribution in [0.2, 0.25) is 0 Å². The average molecular weight is 549 g/mol. The molecule has 0 amide bonds. The summed E-state index contributed by atoms with van der Waals surface area (Å²) in [4.78, 5) is 29.4. The number of esters is 1. The van der Waals surface area contributed by atoms with Crippen LogP contribution in [0.15, 0.2) is 45.6 Å². The second kappa shape index (κ2) is 11.2. The standard InChI is InChI=1S/C27H27F3N2O7/c1-2-36-26(34)17-3-5-18(6-4-17)38-24-22(33)19-7-8-21-20(23(19)39-25(24)27(28,29)30)15-32(16-37-21)10-9-31-11-13-35-14-12-31/h3-8H,2,9-16H2,1H3. The van der Waals surface area contributed by atoms with Gasteiger partial charge < -0.3 is 23.4 Å². The van der Waals surface area contributed by atoms with Gasteiger partial charge in [0, 0.05) is 32.7 Å². The van der Waals surface area contributed by atoms with Crippen LogP contribution in [-0.4, -0.2) is 68.5 Å². The first kappa shape index (κ1) is 27.0. The maximum atomic E-state index is 14.1. The molecule has 1 fully saturated rings. The van der Waals surface area contributed by atoms with Crippen LogP contribution in [0.1, 0.15) is 28.6 Å². The molecule has 2 aliphatic heterocycles. The fraction of sp³-hybridized carbons (Fsp3) is 0.407. The first-order valence-corrected chi connectivity index (χ1v) is 12.5. The van der Waals surface area contributed by atoms with E-state index in [1.165, 1.54) is 30.3 Å². The SMILES string of the molecule is CCOC(=O)c1ccc(Oc2c(C(F)(F)F)oc3c4c(ccc3c2=O)OCN(CCN2CCOCC2)C4)cc1. The van der Waals surface area contributed by atoms with E-state index < -0.39 is 29.1 Å². The second-order valence-electron chi connectivity index (χ2n) is 9.13. The number of morpholine rings is 1. The molecule has 39 heavy (non-hydrogen) atoms. The maximum absolute atomic E-state index is 14.1. The van der Waals surface area contributed by atoms with E-state index in [0.29, 0.717) is 31.1 Å². The molecule has 0 N–H and O–H groups in total. The molecule has 1 saturated heterocycles. The number of halogens is 3. The van der Waals surface area contributed by atoms with E-state index in [1.54, 1.807) is 13.0 Å². The summed E-state index contributed by atoms with van der Waals surface area (Å²) in [7, 11) is 0. The summed E-state index contributed by atoms with van der Waals surface area (Å²) in [6.07, 6.45) is -5.01. The van der Waals surface area contributed by atoms with E-state index in [-0.39, 0.29) is 42.2 Å². The molecule has 0 aliphatic carbocycles. The number of alkyl halides is 3. The molecular weight excluding hydrogens is 521 g/mol. The third-order valence-electron chi connectivity index (χ3n) is 6.54. The molecule has 0 atom stereocenters. The molecule has 2 aromatic carbocycles. The van der Waals surface area contributed by atoms with Crippen molar-refractivity contribution < 1.29 is 41.3 Å². The van der Waals surface area contributed by atoms with Crippen molar-refractivity contribution in [1.29, 1.82) is 0 Å². The minimum Gasteiger partial charge on any atom is -0.478 e. The number of carbonyl (C=O) groups excluding carboxylic acids is 1. The van der Waals surface area contributed by atoms with Crippen LogP contribution in [0.25, 0.3) is 11.0 Å². The summed E-state index contributed by atoms with van der Waals surface area (Å²) < 4.78 is 69.2. The van der Waals surface area contributed by atoms with Crippen molar-refractivity contribution in [2.75, 3.05) is 52.7 Å². The number of benzene rings is 2. The van der Waals surface area contributed by atoms with Gasteiger partial charge in [0.1, 0.15) is 23.8 Å². The number of hydrogen-bond acceptors (Lipinski definition) is 9. The molecule has 9 nitrogen and oxygen atoms in total. The molecule has 2 aliphatic rings. The molecule has 0 bridgehead atoms. The van der Waals surface area contributed by atoms with Crippen LogP contribution in [0.3, 0.4) is 0 Å². The topological polar surface area (TPSA) is 90.7 Å². The lowest BCUT2D eigenvalue weighted by molar-refractivity contribution is -0.154. The van der Waals surface area contributed by atoms with Crippen LogP contribution in [0.4, 0.5) is 13.2 Å². The molecule has 0 unspecified atom stereocenters. The minimum atomic E-state index is -5.01. The zero-order chi connectivity index (χ0) is 27.6. The maximum Gasteiger partial charge on any atom is 0.453 e. The van der Waals surface area contributed by atoms with E-state index in [0.717, 1.165) is 19.6 Å². The summed E-state index contributed by atoms with van der Waals surface area (Å²) >= 11 is 0. The van der Waals surface area contributed by atoms with Gasteiger partial charge in [0.15, 0.2) is 0 Å². The number of fused-ring (bicyclic) bond motifs is 3. The molecule has 5 rings (SSSR count). The zero-order valence-electron chi connectivity index (χ0n) is 21.2. The Labute approximate surface area is 221 Å². The van der Waals surface area contributed by atoms with Gasteiger partial charge in [-0.1, -0.05) is 0 Å². The Kier molecular flexibility index (Phi) is 7.78. The Morgan fingerprint density at radius 2 is 1.74 bits per heavy atom. The van der Waals surface area contributed by atoms with Crippen LogP contribution in [-0.2, 0) is 22.2 Å². The van der Waals surface area contributed by atoms with Crippen LogP contribution in [0, 0.1) is 0 Å². The van der Waals surface area contributed by atoms with E-state index in [9.17, 15) is 22.8 Å². The first-order valence-electron chi connectivity index (χ1n) is 12.5. The van der Waals surface area contributed by atoms with Crippen molar-refractivity contribution in [1.82, 2.24) is 9.80 Å². The molecule has 208 valence electrons. The largest absolute Gasteiger partial charge is 0.478 e. The lowest BCUT2D eigenvalue weighted by Crippen LogP contribution is -2.43. The highest BCUT2D eigenvalue weighted by molar-refractivity contribution is 5.89. The van der Waals surface area contributed by atoms with E-state index in [2.05, 4.69) is 4.90 Å². The number of rotatable bonds is 7. The zero-order valence-corrected chi connectivity index (χ0v) is 21.2.